The Balaban J connectivity index is 2.74. The topological polar surface area (TPSA) is 66.6 Å². The zero-order valence-electron chi connectivity index (χ0n) is 12.6. The van der Waals surface area contributed by atoms with E-state index in [1.165, 1.54) is 4.90 Å². The number of amides is 2. The number of carbonyl (C=O) groups excluding carboxylic acids is 2. The first-order valence-corrected chi connectivity index (χ1v) is 7.63. The van der Waals surface area contributed by atoms with E-state index in [9.17, 15) is 9.59 Å². The van der Waals surface area contributed by atoms with Crippen molar-refractivity contribution in [3.63, 3.8) is 0 Å². The molecule has 0 unspecified atom stereocenters. The molecule has 5 nitrogen and oxygen atoms in total. The fourth-order valence-electron chi connectivity index (χ4n) is 2.71. The monoisotopic (exact) mass is 299 g/mol. The number of carbonyl (C=O) groups is 2. The summed E-state index contributed by atoms with van der Waals surface area (Å²) in [7, 11) is 1.65. The van der Waals surface area contributed by atoms with E-state index >= 15 is 0 Å². The lowest BCUT2D eigenvalue weighted by molar-refractivity contribution is -0.143. The highest BCUT2D eigenvalue weighted by molar-refractivity contribution is 7.80. The van der Waals surface area contributed by atoms with Crippen molar-refractivity contribution in [2.75, 3.05) is 26.7 Å². The van der Waals surface area contributed by atoms with Crippen molar-refractivity contribution in [1.82, 2.24) is 9.80 Å². The smallest absolute Gasteiger partial charge is 0.242 e. The molecule has 0 atom stereocenters. The van der Waals surface area contributed by atoms with Gasteiger partial charge in [-0.05, 0) is 25.7 Å². The van der Waals surface area contributed by atoms with Crippen LogP contribution in [-0.4, -0.2) is 53.3 Å². The summed E-state index contributed by atoms with van der Waals surface area (Å²) in [6, 6.07) is 0. The van der Waals surface area contributed by atoms with Crippen molar-refractivity contribution in [2.45, 2.75) is 39.5 Å². The molecule has 0 spiro atoms. The largest absolute Gasteiger partial charge is 0.392 e. The van der Waals surface area contributed by atoms with Crippen LogP contribution in [0.4, 0.5) is 0 Å². The minimum absolute atomic E-state index is 0.00222. The van der Waals surface area contributed by atoms with Gasteiger partial charge in [-0.1, -0.05) is 26.1 Å². The molecule has 0 aromatic rings. The average molecular weight is 299 g/mol. The Morgan fingerprint density at radius 1 is 1.25 bits per heavy atom. The molecule has 1 aliphatic heterocycles. The lowest BCUT2D eigenvalue weighted by Crippen LogP contribution is -2.51. The molecule has 6 heteroatoms. The summed E-state index contributed by atoms with van der Waals surface area (Å²) in [6.45, 7) is 5.49. The molecule has 0 saturated carbocycles. The van der Waals surface area contributed by atoms with Gasteiger partial charge in [0.25, 0.3) is 0 Å². The third-order valence-corrected chi connectivity index (χ3v) is 4.66. The Morgan fingerprint density at radius 2 is 1.75 bits per heavy atom. The SMILES string of the molecule is CCC(CC)(C(=O)N(C)CC(=O)N1CCCC1)C(N)=S. The van der Waals surface area contributed by atoms with Gasteiger partial charge in [0.2, 0.25) is 11.8 Å². The first kappa shape index (κ1) is 16.9. The highest BCUT2D eigenvalue weighted by Gasteiger charge is 2.40. The number of likely N-dealkylation sites (N-methyl/N-ethyl adjacent to an activating group) is 1. The molecule has 0 aromatic carbocycles. The van der Waals surface area contributed by atoms with Gasteiger partial charge in [0.05, 0.1) is 16.9 Å². The molecule has 1 heterocycles. The highest BCUT2D eigenvalue weighted by Crippen LogP contribution is 2.29. The summed E-state index contributed by atoms with van der Waals surface area (Å²) < 4.78 is 0. The first-order chi connectivity index (χ1) is 9.39. The van der Waals surface area contributed by atoms with Gasteiger partial charge in [-0.2, -0.15) is 0 Å². The normalized spacial score (nSPS) is 15.2. The molecule has 1 fully saturated rings. The lowest BCUT2D eigenvalue weighted by atomic mass is 9.81. The minimum Gasteiger partial charge on any atom is -0.392 e. The van der Waals surface area contributed by atoms with Crippen LogP contribution < -0.4 is 5.73 Å². The number of thiocarbonyl (C=S) groups is 1. The van der Waals surface area contributed by atoms with E-state index in [-0.39, 0.29) is 23.3 Å². The molecule has 2 N–H and O–H groups in total. The van der Waals surface area contributed by atoms with Crippen LogP contribution in [0, 0.1) is 5.41 Å². The lowest BCUT2D eigenvalue weighted by Gasteiger charge is -2.33. The summed E-state index contributed by atoms with van der Waals surface area (Å²) in [4.78, 5) is 28.2. The van der Waals surface area contributed by atoms with Crippen molar-refractivity contribution >= 4 is 29.0 Å². The predicted octanol–water partition coefficient (Wildman–Crippen LogP) is 1.16. The minimum atomic E-state index is -0.824. The van der Waals surface area contributed by atoms with E-state index in [0.717, 1.165) is 25.9 Å². The Morgan fingerprint density at radius 3 is 2.15 bits per heavy atom. The van der Waals surface area contributed by atoms with Gasteiger partial charge in [-0.3, -0.25) is 9.59 Å². The van der Waals surface area contributed by atoms with Gasteiger partial charge >= 0.3 is 0 Å². The quantitative estimate of drug-likeness (QED) is 0.747. The summed E-state index contributed by atoms with van der Waals surface area (Å²) in [5.41, 5.74) is 4.95. The molecule has 114 valence electrons. The van der Waals surface area contributed by atoms with Crippen molar-refractivity contribution in [2.24, 2.45) is 11.1 Å². The van der Waals surface area contributed by atoms with Gasteiger partial charge < -0.3 is 15.5 Å². The predicted molar refractivity (Wildman–Crippen MR) is 83.3 cm³/mol. The van der Waals surface area contributed by atoms with Crippen LogP contribution in [0.5, 0.6) is 0 Å². The summed E-state index contributed by atoms with van der Waals surface area (Å²) in [6.07, 6.45) is 3.20. The second kappa shape index (κ2) is 7.02. The molecule has 1 saturated heterocycles. The van der Waals surface area contributed by atoms with Gasteiger partial charge in [-0.15, -0.1) is 0 Å². The van der Waals surface area contributed by atoms with Crippen LogP contribution in [-0.2, 0) is 9.59 Å². The number of rotatable bonds is 6. The van der Waals surface area contributed by atoms with Crippen LogP contribution in [0.3, 0.4) is 0 Å². The standard InChI is InChI=1S/C14H25N3O2S/c1-4-14(5-2,12(15)20)13(19)16(3)10-11(18)17-8-6-7-9-17/h4-10H2,1-3H3,(H2,15,20). The van der Waals surface area contributed by atoms with E-state index < -0.39 is 5.41 Å². The molecule has 0 bridgehead atoms. The fourth-order valence-corrected chi connectivity index (χ4v) is 3.09. The molecule has 1 aliphatic rings. The zero-order chi connectivity index (χ0) is 15.3. The zero-order valence-corrected chi connectivity index (χ0v) is 13.5. The number of nitrogens with zero attached hydrogens (tertiary/aromatic N) is 2. The molecule has 20 heavy (non-hydrogen) atoms. The van der Waals surface area contributed by atoms with E-state index in [4.69, 9.17) is 18.0 Å². The third kappa shape index (κ3) is 3.29. The van der Waals surface area contributed by atoms with Gasteiger partial charge in [-0.25, -0.2) is 0 Å². The van der Waals surface area contributed by atoms with Crippen LogP contribution in [0.1, 0.15) is 39.5 Å². The number of hydrogen-bond acceptors (Lipinski definition) is 3. The molecule has 0 aromatic heterocycles. The van der Waals surface area contributed by atoms with Crippen LogP contribution in [0.15, 0.2) is 0 Å². The van der Waals surface area contributed by atoms with Crippen LogP contribution in [0.25, 0.3) is 0 Å². The number of nitrogens with two attached hydrogens (primary N) is 1. The number of likely N-dealkylation sites (tertiary alicyclic amines) is 1. The Bertz CT molecular complexity index is 388. The molecular weight excluding hydrogens is 274 g/mol. The maximum Gasteiger partial charge on any atom is 0.242 e. The molecular formula is C14H25N3O2S. The van der Waals surface area contributed by atoms with Gasteiger partial charge in [0.1, 0.15) is 0 Å². The Labute approximate surface area is 126 Å². The van der Waals surface area contributed by atoms with Crippen molar-refractivity contribution in [3.05, 3.63) is 0 Å². The third-order valence-electron chi connectivity index (χ3n) is 4.27. The van der Waals surface area contributed by atoms with E-state index in [2.05, 4.69) is 0 Å². The Hall–Kier alpha value is -1.17. The summed E-state index contributed by atoms with van der Waals surface area (Å²) >= 11 is 5.08. The fraction of sp³-hybridized carbons (Fsp3) is 0.786. The van der Waals surface area contributed by atoms with Crippen molar-refractivity contribution < 1.29 is 9.59 Å². The molecule has 2 amide bonds. The Kier molecular flexibility index (Phi) is 5.92. The van der Waals surface area contributed by atoms with Gasteiger partial charge in [0.15, 0.2) is 0 Å². The summed E-state index contributed by atoms with van der Waals surface area (Å²) in [5.74, 6) is -0.148. The molecule has 0 radical (unpaired) electrons. The molecule has 0 aliphatic carbocycles. The summed E-state index contributed by atoms with van der Waals surface area (Å²) in [5, 5.41) is 0. The maximum atomic E-state index is 12.6. The van der Waals surface area contributed by atoms with Gasteiger partial charge in [0, 0.05) is 20.1 Å². The van der Waals surface area contributed by atoms with Crippen LogP contribution in [0.2, 0.25) is 0 Å². The van der Waals surface area contributed by atoms with E-state index in [0.29, 0.717) is 12.8 Å². The average Bonchev–Trinajstić information content (AvgIpc) is 2.94. The maximum absolute atomic E-state index is 12.6. The van der Waals surface area contributed by atoms with Crippen LogP contribution >= 0.6 is 12.2 Å². The first-order valence-electron chi connectivity index (χ1n) is 7.22. The van der Waals surface area contributed by atoms with Crippen molar-refractivity contribution in [1.29, 1.82) is 0 Å². The van der Waals surface area contributed by atoms with E-state index in [1.807, 2.05) is 18.7 Å². The molecule has 1 rings (SSSR count). The number of hydrogen-bond donors (Lipinski definition) is 1. The highest BCUT2D eigenvalue weighted by atomic mass is 32.1. The second-order valence-corrected chi connectivity index (χ2v) is 5.84. The second-order valence-electron chi connectivity index (χ2n) is 5.40. The van der Waals surface area contributed by atoms with E-state index in [1.54, 1.807) is 7.05 Å². The van der Waals surface area contributed by atoms with Crippen molar-refractivity contribution in [3.8, 4) is 0 Å².